The maximum absolute atomic E-state index is 12.3. The monoisotopic (exact) mass is 262 g/mol. The topological polar surface area (TPSA) is 83.8 Å². The number of nitrogens with zero attached hydrogens (tertiary/aromatic N) is 1. The number of nitrogens with two attached hydrogens (primary N) is 1. The number of hydrogen-bond donors (Lipinski definition) is 3. The molecule has 4 N–H and O–H groups in total. The van der Waals surface area contributed by atoms with E-state index in [2.05, 4.69) is 22.4 Å². The van der Waals surface area contributed by atoms with E-state index in [-0.39, 0.29) is 17.9 Å². The average Bonchev–Trinajstić information content (AvgIpc) is 3.05. The molecule has 2 fully saturated rings. The predicted molar refractivity (Wildman–Crippen MR) is 73.5 cm³/mol. The largest absolute Gasteiger partial charge is 0.327 e. The van der Waals surface area contributed by atoms with Gasteiger partial charge in [-0.15, -0.1) is 0 Å². The summed E-state index contributed by atoms with van der Waals surface area (Å²) in [5.41, 5.74) is 7.25. The first-order valence-corrected chi connectivity index (χ1v) is 7.29. The summed E-state index contributed by atoms with van der Waals surface area (Å²) < 4.78 is 0. The number of amides is 1. The molecule has 1 heterocycles. The first-order valence-electron chi connectivity index (χ1n) is 7.29. The van der Waals surface area contributed by atoms with Gasteiger partial charge in [0.25, 0.3) is 0 Å². The number of carbonyl (C=O) groups excluding carboxylic acids is 1. The number of H-pyrrole nitrogens is 1. The number of hydrogen-bond acceptors (Lipinski definition) is 3. The number of fused-ring (bicyclic) bond motifs is 2. The molecule has 0 saturated heterocycles. The smallest absolute Gasteiger partial charge is 0.230 e. The standard InChI is InChI=1S/C14H22N4O/c1-2-3-10-7-11(18-17-10)16-14(19)12-8-4-5-9(6-8)13(12)15/h7-9,12-13H,2-6,15H2,1H3,(H2,16,17,18,19). The molecule has 0 aliphatic heterocycles. The molecule has 104 valence electrons. The van der Waals surface area contributed by atoms with E-state index in [0.29, 0.717) is 17.7 Å². The molecule has 0 aromatic carbocycles. The quantitative estimate of drug-likeness (QED) is 0.771. The van der Waals surface area contributed by atoms with Gasteiger partial charge in [0.15, 0.2) is 5.82 Å². The van der Waals surface area contributed by atoms with Gasteiger partial charge in [-0.05, 0) is 37.5 Å². The molecule has 4 atom stereocenters. The van der Waals surface area contributed by atoms with Crippen molar-refractivity contribution in [2.24, 2.45) is 23.5 Å². The zero-order chi connectivity index (χ0) is 13.4. The summed E-state index contributed by atoms with van der Waals surface area (Å²) in [7, 11) is 0. The second-order valence-corrected chi connectivity index (χ2v) is 5.95. The number of nitrogens with one attached hydrogen (secondary N) is 2. The number of rotatable bonds is 4. The second kappa shape index (κ2) is 4.96. The molecular formula is C14H22N4O. The summed E-state index contributed by atoms with van der Waals surface area (Å²) >= 11 is 0. The molecule has 19 heavy (non-hydrogen) atoms. The van der Waals surface area contributed by atoms with E-state index in [1.165, 1.54) is 6.42 Å². The summed E-state index contributed by atoms with van der Waals surface area (Å²) in [6.45, 7) is 2.12. The lowest BCUT2D eigenvalue weighted by atomic mass is 9.84. The second-order valence-electron chi connectivity index (χ2n) is 5.95. The van der Waals surface area contributed by atoms with Crippen molar-refractivity contribution in [3.63, 3.8) is 0 Å². The normalized spacial score (nSPS) is 32.7. The highest BCUT2D eigenvalue weighted by Crippen LogP contribution is 2.47. The fraction of sp³-hybridized carbons (Fsp3) is 0.714. The van der Waals surface area contributed by atoms with Crippen LogP contribution >= 0.6 is 0 Å². The number of anilines is 1. The van der Waals surface area contributed by atoms with E-state index in [0.717, 1.165) is 31.4 Å². The molecule has 2 aliphatic carbocycles. The van der Waals surface area contributed by atoms with E-state index in [4.69, 9.17) is 5.73 Å². The van der Waals surface area contributed by atoms with Crippen molar-refractivity contribution in [1.29, 1.82) is 0 Å². The van der Waals surface area contributed by atoms with Gasteiger partial charge in [0.1, 0.15) is 0 Å². The fourth-order valence-electron chi connectivity index (χ4n) is 3.76. The predicted octanol–water partition coefficient (Wildman–Crippen LogP) is 1.67. The van der Waals surface area contributed by atoms with E-state index < -0.39 is 0 Å². The Morgan fingerprint density at radius 3 is 3.00 bits per heavy atom. The third-order valence-electron chi connectivity index (χ3n) is 4.68. The van der Waals surface area contributed by atoms with Crippen LogP contribution in [0.25, 0.3) is 0 Å². The van der Waals surface area contributed by atoms with Crippen LogP contribution in [0.2, 0.25) is 0 Å². The summed E-state index contributed by atoms with van der Waals surface area (Å²) in [6, 6.07) is 1.95. The van der Waals surface area contributed by atoms with Crippen LogP contribution in [-0.2, 0) is 11.2 Å². The SMILES string of the molecule is CCCc1cc(NC(=O)C2C3CCC(C3)C2N)n[nH]1. The molecule has 0 radical (unpaired) electrons. The third-order valence-corrected chi connectivity index (χ3v) is 4.68. The van der Waals surface area contributed by atoms with Crippen molar-refractivity contribution >= 4 is 11.7 Å². The minimum atomic E-state index is -0.0231. The maximum Gasteiger partial charge on any atom is 0.230 e. The van der Waals surface area contributed by atoms with E-state index >= 15 is 0 Å². The van der Waals surface area contributed by atoms with Gasteiger partial charge in [0.05, 0.1) is 5.92 Å². The zero-order valence-electron chi connectivity index (χ0n) is 11.4. The van der Waals surface area contributed by atoms with Gasteiger partial charge in [-0.3, -0.25) is 9.89 Å². The van der Waals surface area contributed by atoms with Crippen LogP contribution in [0.4, 0.5) is 5.82 Å². The Morgan fingerprint density at radius 1 is 1.53 bits per heavy atom. The molecule has 1 amide bonds. The van der Waals surface area contributed by atoms with Crippen molar-refractivity contribution in [3.8, 4) is 0 Å². The summed E-state index contributed by atoms with van der Waals surface area (Å²) in [5.74, 6) is 1.69. The zero-order valence-corrected chi connectivity index (χ0v) is 11.4. The lowest BCUT2D eigenvalue weighted by Gasteiger charge is -2.26. The van der Waals surface area contributed by atoms with Crippen molar-refractivity contribution in [2.45, 2.75) is 45.1 Å². The first kappa shape index (κ1) is 12.7. The van der Waals surface area contributed by atoms with E-state index in [1.807, 2.05) is 6.07 Å². The first-order chi connectivity index (χ1) is 9.19. The van der Waals surface area contributed by atoms with Crippen molar-refractivity contribution in [2.75, 3.05) is 5.32 Å². The van der Waals surface area contributed by atoms with Gasteiger partial charge >= 0.3 is 0 Å². The Bertz CT molecular complexity index is 468. The number of aromatic nitrogens is 2. The molecule has 5 nitrogen and oxygen atoms in total. The van der Waals surface area contributed by atoms with Gasteiger partial charge in [0, 0.05) is 17.8 Å². The van der Waals surface area contributed by atoms with Crippen LogP contribution in [0.15, 0.2) is 6.07 Å². The maximum atomic E-state index is 12.3. The molecule has 5 heteroatoms. The number of aryl methyl sites for hydroxylation is 1. The third kappa shape index (κ3) is 2.27. The lowest BCUT2D eigenvalue weighted by molar-refractivity contribution is -0.121. The van der Waals surface area contributed by atoms with Crippen LogP contribution in [0.1, 0.15) is 38.3 Å². The van der Waals surface area contributed by atoms with Crippen molar-refractivity contribution in [3.05, 3.63) is 11.8 Å². The van der Waals surface area contributed by atoms with Crippen LogP contribution < -0.4 is 11.1 Å². The lowest BCUT2D eigenvalue weighted by Crippen LogP contribution is -2.42. The fourth-order valence-corrected chi connectivity index (χ4v) is 3.76. The van der Waals surface area contributed by atoms with Crippen LogP contribution in [-0.4, -0.2) is 22.1 Å². The molecule has 1 aromatic heterocycles. The Hall–Kier alpha value is -1.36. The molecule has 2 saturated carbocycles. The van der Waals surface area contributed by atoms with Gasteiger partial charge < -0.3 is 11.1 Å². The van der Waals surface area contributed by atoms with Gasteiger partial charge in [-0.1, -0.05) is 13.3 Å². The number of aromatic amines is 1. The average molecular weight is 262 g/mol. The molecule has 2 aliphatic rings. The van der Waals surface area contributed by atoms with Crippen LogP contribution in [0.5, 0.6) is 0 Å². The highest BCUT2D eigenvalue weighted by molar-refractivity contribution is 5.92. The van der Waals surface area contributed by atoms with E-state index in [9.17, 15) is 4.79 Å². The molecule has 1 aromatic rings. The van der Waals surface area contributed by atoms with E-state index in [1.54, 1.807) is 0 Å². The summed E-state index contributed by atoms with van der Waals surface area (Å²) in [5, 5.41) is 10.0. The summed E-state index contributed by atoms with van der Waals surface area (Å²) in [6.07, 6.45) is 5.49. The Labute approximate surface area is 113 Å². The highest BCUT2D eigenvalue weighted by Gasteiger charge is 2.49. The highest BCUT2D eigenvalue weighted by atomic mass is 16.2. The number of carbonyl (C=O) groups is 1. The molecule has 4 unspecified atom stereocenters. The Balaban J connectivity index is 1.64. The Kier molecular flexibility index (Phi) is 3.31. The van der Waals surface area contributed by atoms with Gasteiger partial charge in [-0.2, -0.15) is 5.10 Å². The molecule has 2 bridgehead atoms. The van der Waals surface area contributed by atoms with Gasteiger partial charge in [-0.25, -0.2) is 0 Å². The molecule has 0 spiro atoms. The minimum absolute atomic E-state index is 0.0231. The molecule has 3 rings (SSSR count). The van der Waals surface area contributed by atoms with Crippen molar-refractivity contribution in [1.82, 2.24) is 10.2 Å². The molecular weight excluding hydrogens is 240 g/mol. The van der Waals surface area contributed by atoms with Gasteiger partial charge in [0.2, 0.25) is 5.91 Å². The van der Waals surface area contributed by atoms with Crippen LogP contribution in [0, 0.1) is 17.8 Å². The minimum Gasteiger partial charge on any atom is -0.327 e. The van der Waals surface area contributed by atoms with Crippen molar-refractivity contribution < 1.29 is 4.79 Å². The van der Waals surface area contributed by atoms with Crippen LogP contribution in [0.3, 0.4) is 0 Å². The Morgan fingerprint density at radius 2 is 2.32 bits per heavy atom. The summed E-state index contributed by atoms with van der Waals surface area (Å²) in [4.78, 5) is 12.3.